The van der Waals surface area contributed by atoms with E-state index in [-0.39, 0.29) is 35.3 Å². The summed E-state index contributed by atoms with van der Waals surface area (Å²) in [5, 5.41) is 6.12. The molecule has 0 aliphatic carbocycles. The third kappa shape index (κ3) is 5.53. The molecule has 0 radical (unpaired) electrons. The number of carbonyl (C=O) groups excluding carboxylic acids is 2. The van der Waals surface area contributed by atoms with Gasteiger partial charge in [0.05, 0.1) is 25.1 Å². The number of aromatic nitrogens is 1. The number of hydrogen-bond donors (Lipinski definition) is 0. The normalized spacial score (nSPS) is 10.7. The molecule has 0 spiro atoms. The fourth-order valence-electron chi connectivity index (χ4n) is 3.58. The highest BCUT2D eigenvalue weighted by molar-refractivity contribution is 6.35. The zero-order chi connectivity index (χ0) is 25.7. The number of esters is 1. The predicted octanol–water partition coefficient (Wildman–Crippen LogP) is 6.49. The van der Waals surface area contributed by atoms with Gasteiger partial charge in [0, 0.05) is 16.1 Å². The minimum Gasteiger partial charge on any atom is -0.469 e. The Bertz CT molecular complexity index is 1390. The molecule has 9 heteroatoms. The molecular weight excluding hydrogens is 503 g/mol. The van der Waals surface area contributed by atoms with E-state index in [9.17, 15) is 9.59 Å². The largest absolute Gasteiger partial charge is 0.469 e. The SMILES string of the molecule is CCN(Oc1ccc(Cl)cc1Cl)C(=O)c1c(-c2cccc(CC(=O)OC)c2)noc1-c1ccccc1. The minimum absolute atomic E-state index is 0.0796. The van der Waals surface area contributed by atoms with Gasteiger partial charge in [0.2, 0.25) is 0 Å². The molecule has 0 aliphatic heterocycles. The van der Waals surface area contributed by atoms with Crippen LogP contribution in [-0.4, -0.2) is 35.8 Å². The molecule has 1 aromatic heterocycles. The van der Waals surface area contributed by atoms with Crippen LogP contribution >= 0.6 is 23.2 Å². The Labute approximate surface area is 218 Å². The second-order valence-electron chi connectivity index (χ2n) is 7.72. The lowest BCUT2D eigenvalue weighted by atomic mass is 9.99. The molecular formula is C27H22Cl2N2O5. The van der Waals surface area contributed by atoms with Gasteiger partial charge >= 0.3 is 5.97 Å². The Balaban J connectivity index is 1.78. The Morgan fingerprint density at radius 1 is 0.972 bits per heavy atom. The molecule has 0 aliphatic rings. The maximum atomic E-state index is 13.9. The van der Waals surface area contributed by atoms with Gasteiger partial charge in [0.1, 0.15) is 11.3 Å². The van der Waals surface area contributed by atoms with Crippen LogP contribution < -0.4 is 4.84 Å². The van der Waals surface area contributed by atoms with Crippen molar-refractivity contribution in [3.05, 3.63) is 94.0 Å². The molecule has 0 saturated heterocycles. The van der Waals surface area contributed by atoms with Crippen LogP contribution in [0.25, 0.3) is 22.6 Å². The number of methoxy groups -OCH3 is 1. The summed E-state index contributed by atoms with van der Waals surface area (Å²) < 4.78 is 10.5. The maximum Gasteiger partial charge on any atom is 0.309 e. The van der Waals surface area contributed by atoms with Crippen LogP contribution in [0, 0.1) is 0 Å². The minimum atomic E-state index is -0.475. The molecule has 3 aromatic carbocycles. The number of amides is 1. The third-order valence-electron chi connectivity index (χ3n) is 5.33. The number of benzene rings is 3. The number of hydrogen-bond acceptors (Lipinski definition) is 6. The Kier molecular flexibility index (Phi) is 7.93. The van der Waals surface area contributed by atoms with Crippen LogP contribution in [0.3, 0.4) is 0 Å². The molecule has 1 amide bonds. The van der Waals surface area contributed by atoms with Gasteiger partial charge in [-0.25, -0.2) is 0 Å². The molecule has 36 heavy (non-hydrogen) atoms. The summed E-state index contributed by atoms with van der Waals surface area (Å²) in [6.45, 7) is 1.98. The molecule has 4 rings (SSSR count). The highest BCUT2D eigenvalue weighted by atomic mass is 35.5. The van der Waals surface area contributed by atoms with Crippen LogP contribution in [0.2, 0.25) is 10.0 Å². The van der Waals surface area contributed by atoms with Gasteiger partial charge in [-0.05, 0) is 36.8 Å². The van der Waals surface area contributed by atoms with Gasteiger partial charge in [0.25, 0.3) is 5.91 Å². The van der Waals surface area contributed by atoms with Crippen molar-refractivity contribution in [2.75, 3.05) is 13.7 Å². The third-order valence-corrected chi connectivity index (χ3v) is 5.87. The van der Waals surface area contributed by atoms with Crippen LogP contribution in [0.15, 0.2) is 77.3 Å². The van der Waals surface area contributed by atoms with E-state index in [0.717, 1.165) is 0 Å². The van der Waals surface area contributed by atoms with E-state index in [1.807, 2.05) is 30.3 Å². The molecule has 1 heterocycles. The van der Waals surface area contributed by atoms with Crippen molar-refractivity contribution in [1.82, 2.24) is 10.2 Å². The molecule has 0 bridgehead atoms. The zero-order valence-corrected chi connectivity index (χ0v) is 21.0. The second kappa shape index (κ2) is 11.3. The van der Waals surface area contributed by atoms with Crippen LogP contribution in [0.1, 0.15) is 22.8 Å². The van der Waals surface area contributed by atoms with E-state index in [1.54, 1.807) is 43.3 Å². The maximum absolute atomic E-state index is 13.9. The highest BCUT2D eigenvalue weighted by Gasteiger charge is 2.30. The van der Waals surface area contributed by atoms with E-state index in [0.29, 0.717) is 33.2 Å². The van der Waals surface area contributed by atoms with Gasteiger partial charge in [0.15, 0.2) is 11.5 Å². The van der Waals surface area contributed by atoms with E-state index in [2.05, 4.69) is 5.16 Å². The summed E-state index contributed by atoms with van der Waals surface area (Å²) in [6, 6.07) is 21.1. The van der Waals surface area contributed by atoms with Gasteiger partial charge in [-0.3, -0.25) is 9.59 Å². The number of halogens is 2. The van der Waals surface area contributed by atoms with E-state index >= 15 is 0 Å². The number of ether oxygens (including phenoxy) is 1. The van der Waals surface area contributed by atoms with Crippen molar-refractivity contribution in [2.24, 2.45) is 0 Å². The second-order valence-corrected chi connectivity index (χ2v) is 8.56. The summed E-state index contributed by atoms with van der Waals surface area (Å²) in [5.41, 5.74) is 2.51. The highest BCUT2D eigenvalue weighted by Crippen LogP contribution is 2.35. The summed E-state index contributed by atoms with van der Waals surface area (Å²) in [6.07, 6.45) is 0.0796. The van der Waals surface area contributed by atoms with Crippen molar-refractivity contribution < 1.29 is 23.7 Å². The molecule has 0 saturated carbocycles. The van der Waals surface area contributed by atoms with E-state index in [1.165, 1.54) is 18.2 Å². The first-order valence-electron chi connectivity index (χ1n) is 11.1. The average molecular weight is 525 g/mol. The Morgan fingerprint density at radius 3 is 2.42 bits per heavy atom. The first kappa shape index (κ1) is 25.3. The lowest BCUT2D eigenvalue weighted by molar-refractivity contribution is -0.139. The molecule has 0 N–H and O–H groups in total. The van der Waals surface area contributed by atoms with E-state index in [4.69, 9.17) is 37.3 Å². The van der Waals surface area contributed by atoms with E-state index < -0.39 is 5.91 Å². The first-order valence-corrected chi connectivity index (χ1v) is 11.8. The lowest BCUT2D eigenvalue weighted by Crippen LogP contribution is -2.34. The fraction of sp³-hybridized carbons (Fsp3) is 0.148. The summed E-state index contributed by atoms with van der Waals surface area (Å²) >= 11 is 12.3. The van der Waals surface area contributed by atoms with Gasteiger partial charge in [-0.2, -0.15) is 5.06 Å². The van der Waals surface area contributed by atoms with Crippen LogP contribution in [0.4, 0.5) is 0 Å². The first-order chi connectivity index (χ1) is 17.4. The quantitative estimate of drug-likeness (QED) is 0.193. The number of rotatable bonds is 8. The van der Waals surface area contributed by atoms with Crippen molar-refractivity contribution in [3.63, 3.8) is 0 Å². The van der Waals surface area contributed by atoms with Crippen LogP contribution in [-0.2, 0) is 16.0 Å². The molecule has 0 fully saturated rings. The van der Waals surface area contributed by atoms with Crippen molar-refractivity contribution in [2.45, 2.75) is 13.3 Å². The Hall–Kier alpha value is -3.81. The molecule has 0 atom stereocenters. The van der Waals surface area contributed by atoms with Gasteiger partial charge in [-0.1, -0.05) is 76.9 Å². The number of nitrogens with zero attached hydrogens (tertiary/aromatic N) is 2. The summed E-state index contributed by atoms with van der Waals surface area (Å²) in [7, 11) is 1.33. The van der Waals surface area contributed by atoms with Crippen molar-refractivity contribution in [3.8, 4) is 28.3 Å². The summed E-state index contributed by atoms with van der Waals surface area (Å²) in [4.78, 5) is 31.5. The number of hydroxylamine groups is 2. The average Bonchev–Trinajstić information content (AvgIpc) is 3.34. The smallest absolute Gasteiger partial charge is 0.309 e. The van der Waals surface area contributed by atoms with Crippen molar-refractivity contribution >= 4 is 35.1 Å². The Morgan fingerprint density at radius 2 is 1.72 bits per heavy atom. The summed E-state index contributed by atoms with van der Waals surface area (Å²) in [5.74, 6) is -0.287. The monoisotopic (exact) mass is 524 g/mol. The van der Waals surface area contributed by atoms with Gasteiger partial charge in [-0.15, -0.1) is 0 Å². The molecule has 0 unspecified atom stereocenters. The standard InChI is InChI=1S/C27H22Cl2N2O5/c1-3-31(36-22-13-12-20(28)16-21(22)29)27(33)24-25(30-35-26(24)18-9-5-4-6-10-18)19-11-7-8-17(14-19)15-23(32)34-2/h4-14,16H,3,15H2,1-2H3. The van der Waals surface area contributed by atoms with Gasteiger partial charge < -0.3 is 14.1 Å². The van der Waals surface area contributed by atoms with Crippen LogP contribution in [0.5, 0.6) is 5.75 Å². The molecule has 184 valence electrons. The number of carbonyl (C=O) groups is 2. The van der Waals surface area contributed by atoms with Crippen molar-refractivity contribution in [1.29, 1.82) is 0 Å². The topological polar surface area (TPSA) is 81.9 Å². The lowest BCUT2D eigenvalue weighted by Gasteiger charge is -2.22. The predicted molar refractivity (Wildman–Crippen MR) is 137 cm³/mol. The zero-order valence-electron chi connectivity index (χ0n) is 19.5. The fourth-order valence-corrected chi connectivity index (χ4v) is 4.02. The molecule has 7 nitrogen and oxygen atoms in total. The molecule has 4 aromatic rings.